The Hall–Kier alpha value is -2.80. The van der Waals surface area contributed by atoms with Gasteiger partial charge in [-0.2, -0.15) is 0 Å². The monoisotopic (exact) mass is 344 g/mol. The summed E-state index contributed by atoms with van der Waals surface area (Å²) >= 11 is 0. The highest BCUT2D eigenvalue weighted by molar-refractivity contribution is 5.88. The Morgan fingerprint density at radius 1 is 0.680 bits per heavy atom. The zero-order valence-electron chi connectivity index (χ0n) is 13.8. The van der Waals surface area contributed by atoms with Crippen molar-refractivity contribution >= 4 is 0 Å². The highest BCUT2D eigenvalue weighted by atomic mass is 16.7. The topological polar surface area (TPSA) is 64.6 Å². The molecular weight excluding hydrogens is 328 g/mol. The van der Waals surface area contributed by atoms with Gasteiger partial charge in [0.15, 0.2) is 23.0 Å². The second-order valence-corrected chi connectivity index (χ2v) is 5.85. The molecule has 0 spiro atoms. The summed E-state index contributed by atoms with van der Waals surface area (Å²) in [7, 11) is 3.21. The van der Waals surface area contributed by atoms with Gasteiger partial charge in [0.2, 0.25) is 25.1 Å². The third kappa shape index (κ3) is 1.96. The van der Waals surface area contributed by atoms with Crippen molar-refractivity contribution in [2.24, 2.45) is 0 Å². The summed E-state index contributed by atoms with van der Waals surface area (Å²) in [5, 5.41) is 0. The zero-order chi connectivity index (χ0) is 17.0. The van der Waals surface area contributed by atoms with Gasteiger partial charge in [-0.05, 0) is 23.3 Å². The number of hydrogen-bond acceptors (Lipinski definition) is 7. The third-order valence-corrected chi connectivity index (χ3v) is 4.59. The standard InChI is InChI=1S/C18H16O7/c1-19-11-3-9-5-21-6-10-4-12(20-2)16-18(25-8-23-16)14(10)13(9)17-15(11)22-7-24-17/h3-4H,5-8H2,1-2H3. The molecule has 2 aromatic rings. The average molecular weight is 344 g/mol. The summed E-state index contributed by atoms with van der Waals surface area (Å²) in [6, 6.07) is 3.84. The second kappa shape index (κ2) is 5.35. The van der Waals surface area contributed by atoms with Gasteiger partial charge in [0.25, 0.3) is 0 Å². The van der Waals surface area contributed by atoms with Crippen molar-refractivity contribution in [2.45, 2.75) is 13.2 Å². The fourth-order valence-corrected chi connectivity index (χ4v) is 3.53. The summed E-state index contributed by atoms with van der Waals surface area (Å²) in [5.41, 5.74) is 3.68. The first-order valence-corrected chi connectivity index (χ1v) is 7.89. The van der Waals surface area contributed by atoms with Gasteiger partial charge in [-0.1, -0.05) is 0 Å². The highest BCUT2D eigenvalue weighted by Crippen LogP contribution is 2.57. The molecular formula is C18H16O7. The molecule has 7 heteroatoms. The van der Waals surface area contributed by atoms with E-state index in [0.29, 0.717) is 47.7 Å². The number of hydrogen-bond donors (Lipinski definition) is 0. The van der Waals surface area contributed by atoms with Crippen molar-refractivity contribution in [2.75, 3.05) is 27.8 Å². The van der Waals surface area contributed by atoms with Crippen molar-refractivity contribution in [3.63, 3.8) is 0 Å². The number of benzene rings is 2. The Morgan fingerprint density at radius 2 is 1.12 bits per heavy atom. The number of ether oxygens (including phenoxy) is 7. The molecule has 0 radical (unpaired) electrons. The lowest BCUT2D eigenvalue weighted by molar-refractivity contribution is 0.109. The maximum absolute atomic E-state index is 5.86. The SMILES string of the molecule is COc1cc2c(c3c1OCO3)-c1c(cc(OC)c3c1OCO3)COC2. The lowest BCUT2D eigenvalue weighted by Crippen LogP contribution is -1.97. The van der Waals surface area contributed by atoms with E-state index in [9.17, 15) is 0 Å². The van der Waals surface area contributed by atoms with Crippen LogP contribution in [0, 0.1) is 0 Å². The molecule has 0 bridgehead atoms. The maximum atomic E-state index is 5.86. The normalized spacial score (nSPS) is 16.1. The van der Waals surface area contributed by atoms with E-state index in [-0.39, 0.29) is 13.6 Å². The fourth-order valence-electron chi connectivity index (χ4n) is 3.53. The summed E-state index contributed by atoms with van der Waals surface area (Å²) in [5.74, 6) is 3.73. The van der Waals surface area contributed by atoms with E-state index in [4.69, 9.17) is 33.2 Å². The first-order valence-electron chi connectivity index (χ1n) is 7.89. The summed E-state index contributed by atoms with van der Waals surface area (Å²) < 4.78 is 39.6. The summed E-state index contributed by atoms with van der Waals surface area (Å²) in [6.45, 7) is 1.14. The molecule has 0 saturated heterocycles. The third-order valence-electron chi connectivity index (χ3n) is 4.59. The molecule has 0 aliphatic carbocycles. The minimum atomic E-state index is 0.147. The van der Waals surface area contributed by atoms with Gasteiger partial charge in [-0.3, -0.25) is 0 Å². The fraction of sp³-hybridized carbons (Fsp3) is 0.333. The van der Waals surface area contributed by atoms with Gasteiger partial charge in [-0.15, -0.1) is 0 Å². The van der Waals surface area contributed by atoms with E-state index in [1.807, 2.05) is 12.1 Å². The van der Waals surface area contributed by atoms with E-state index < -0.39 is 0 Å². The molecule has 0 unspecified atom stereocenters. The van der Waals surface area contributed by atoms with E-state index in [1.54, 1.807) is 14.2 Å². The average Bonchev–Trinajstić information content (AvgIpc) is 3.27. The van der Waals surface area contributed by atoms with Crippen LogP contribution in [0.5, 0.6) is 34.5 Å². The van der Waals surface area contributed by atoms with Crippen molar-refractivity contribution < 1.29 is 33.2 Å². The smallest absolute Gasteiger partial charge is 0.231 e. The number of methoxy groups -OCH3 is 2. The van der Waals surface area contributed by atoms with Gasteiger partial charge in [0.05, 0.1) is 27.4 Å². The van der Waals surface area contributed by atoms with Crippen LogP contribution in [-0.2, 0) is 18.0 Å². The zero-order valence-corrected chi connectivity index (χ0v) is 13.8. The largest absolute Gasteiger partial charge is 0.493 e. The predicted molar refractivity (Wildman–Crippen MR) is 85.7 cm³/mol. The molecule has 0 amide bonds. The van der Waals surface area contributed by atoms with Gasteiger partial charge in [0, 0.05) is 11.1 Å². The van der Waals surface area contributed by atoms with Gasteiger partial charge >= 0.3 is 0 Å². The Bertz CT molecular complexity index is 803. The first kappa shape index (κ1) is 14.5. The van der Waals surface area contributed by atoms with Crippen LogP contribution in [0.2, 0.25) is 0 Å². The molecule has 7 nitrogen and oxygen atoms in total. The molecule has 0 saturated carbocycles. The van der Waals surface area contributed by atoms with Crippen molar-refractivity contribution in [3.8, 4) is 45.6 Å². The lowest BCUT2D eigenvalue weighted by Gasteiger charge is -2.16. The quantitative estimate of drug-likeness (QED) is 0.830. The minimum absolute atomic E-state index is 0.147. The summed E-state index contributed by atoms with van der Waals surface area (Å²) in [6.07, 6.45) is 0. The van der Waals surface area contributed by atoms with E-state index >= 15 is 0 Å². The number of rotatable bonds is 2. The molecule has 3 aliphatic rings. The van der Waals surface area contributed by atoms with Crippen LogP contribution >= 0.6 is 0 Å². The molecule has 5 rings (SSSR count). The summed E-state index contributed by atoms with van der Waals surface area (Å²) in [4.78, 5) is 0. The molecule has 25 heavy (non-hydrogen) atoms. The Kier molecular flexibility index (Phi) is 3.11. The van der Waals surface area contributed by atoms with Crippen molar-refractivity contribution in [3.05, 3.63) is 23.3 Å². The molecule has 0 N–H and O–H groups in total. The lowest BCUT2D eigenvalue weighted by atomic mass is 9.93. The van der Waals surface area contributed by atoms with Crippen molar-refractivity contribution in [1.82, 2.24) is 0 Å². The van der Waals surface area contributed by atoms with Gasteiger partial charge < -0.3 is 33.2 Å². The van der Waals surface area contributed by atoms with Crippen LogP contribution in [0.25, 0.3) is 11.1 Å². The Morgan fingerprint density at radius 3 is 1.56 bits per heavy atom. The first-order chi connectivity index (χ1) is 12.3. The van der Waals surface area contributed by atoms with Crippen LogP contribution in [0.1, 0.15) is 11.1 Å². The molecule has 130 valence electrons. The van der Waals surface area contributed by atoms with Crippen molar-refractivity contribution in [1.29, 1.82) is 0 Å². The second-order valence-electron chi connectivity index (χ2n) is 5.85. The Balaban J connectivity index is 1.85. The van der Waals surface area contributed by atoms with E-state index in [2.05, 4.69) is 0 Å². The molecule has 3 heterocycles. The minimum Gasteiger partial charge on any atom is -0.493 e. The highest BCUT2D eigenvalue weighted by Gasteiger charge is 2.35. The predicted octanol–water partition coefficient (Wildman–Crippen LogP) is 2.86. The molecule has 0 fully saturated rings. The molecule has 2 aromatic carbocycles. The number of fused-ring (bicyclic) bond motifs is 7. The molecule has 0 aromatic heterocycles. The molecule has 0 atom stereocenters. The maximum Gasteiger partial charge on any atom is 0.231 e. The van der Waals surface area contributed by atoms with Crippen LogP contribution in [0.3, 0.4) is 0 Å². The molecule has 3 aliphatic heterocycles. The van der Waals surface area contributed by atoms with E-state index in [1.165, 1.54) is 0 Å². The van der Waals surface area contributed by atoms with Gasteiger partial charge in [0.1, 0.15) is 0 Å². The van der Waals surface area contributed by atoms with Crippen LogP contribution in [0.4, 0.5) is 0 Å². The van der Waals surface area contributed by atoms with Crippen LogP contribution < -0.4 is 28.4 Å². The van der Waals surface area contributed by atoms with Gasteiger partial charge in [-0.25, -0.2) is 0 Å². The van der Waals surface area contributed by atoms with E-state index in [0.717, 1.165) is 22.3 Å². The Labute approximate surface area is 143 Å². The van der Waals surface area contributed by atoms with Crippen LogP contribution in [0.15, 0.2) is 12.1 Å². The van der Waals surface area contributed by atoms with Crippen LogP contribution in [-0.4, -0.2) is 27.8 Å².